The van der Waals surface area contributed by atoms with E-state index in [-0.39, 0.29) is 17.1 Å². The quantitative estimate of drug-likeness (QED) is 0.258. The SMILES string of the molecule is C[C@H](N)C(=O)C1([C@@H](NC(=O)CC[C@H](N)C(=O)O)C(=O)O)C=CC=C(S(=O)(=O)Cc2ccccc2)C1. The Bertz CT molecular complexity index is 1140. The van der Waals surface area contributed by atoms with Crippen molar-refractivity contribution >= 4 is 33.5 Å². The maximum atomic E-state index is 13.2. The van der Waals surface area contributed by atoms with E-state index in [0.29, 0.717) is 5.56 Å². The van der Waals surface area contributed by atoms with Crippen LogP contribution in [-0.4, -0.2) is 60.4 Å². The Kier molecular flexibility index (Phi) is 9.07. The van der Waals surface area contributed by atoms with Crippen molar-refractivity contribution in [2.75, 3.05) is 0 Å². The summed E-state index contributed by atoms with van der Waals surface area (Å²) < 4.78 is 26.3. The second kappa shape index (κ2) is 11.4. The summed E-state index contributed by atoms with van der Waals surface area (Å²) in [7, 11) is -3.96. The fourth-order valence-electron chi connectivity index (χ4n) is 3.82. The van der Waals surface area contributed by atoms with Gasteiger partial charge >= 0.3 is 11.9 Å². The highest BCUT2D eigenvalue weighted by molar-refractivity contribution is 7.94. The molecule has 0 saturated carbocycles. The number of carboxylic acids is 2. The van der Waals surface area contributed by atoms with Crippen LogP contribution in [0.15, 0.2) is 53.5 Å². The summed E-state index contributed by atoms with van der Waals surface area (Å²) in [6.07, 6.45) is 2.58. The number of carbonyl (C=O) groups is 4. The maximum Gasteiger partial charge on any atom is 0.327 e. The molecule has 12 heteroatoms. The number of allylic oxidation sites excluding steroid dienone is 3. The zero-order valence-corrected chi connectivity index (χ0v) is 19.9. The average Bonchev–Trinajstić information content (AvgIpc) is 2.80. The van der Waals surface area contributed by atoms with Gasteiger partial charge in [0.15, 0.2) is 15.6 Å². The first-order valence-electron chi connectivity index (χ1n) is 10.8. The van der Waals surface area contributed by atoms with Gasteiger partial charge in [0, 0.05) is 17.7 Å². The lowest BCUT2D eigenvalue weighted by molar-refractivity contribution is -0.149. The second-order valence-electron chi connectivity index (χ2n) is 8.43. The molecule has 1 unspecified atom stereocenters. The number of carbonyl (C=O) groups excluding carboxylic acids is 2. The Morgan fingerprint density at radius 2 is 1.71 bits per heavy atom. The van der Waals surface area contributed by atoms with Crippen molar-refractivity contribution in [1.82, 2.24) is 5.32 Å². The summed E-state index contributed by atoms with van der Waals surface area (Å²) in [4.78, 5) is 48.6. The Morgan fingerprint density at radius 1 is 1.09 bits per heavy atom. The van der Waals surface area contributed by atoms with Gasteiger partial charge in [0.2, 0.25) is 5.91 Å². The normalized spacial score (nSPS) is 20.3. The molecule has 0 heterocycles. The van der Waals surface area contributed by atoms with Gasteiger partial charge in [0.05, 0.1) is 17.2 Å². The van der Waals surface area contributed by atoms with Crippen molar-refractivity contribution in [1.29, 1.82) is 0 Å². The van der Waals surface area contributed by atoms with Gasteiger partial charge in [-0.3, -0.25) is 14.4 Å². The smallest absolute Gasteiger partial charge is 0.327 e. The van der Waals surface area contributed by atoms with Gasteiger partial charge in [-0.05, 0) is 25.0 Å². The van der Waals surface area contributed by atoms with E-state index < -0.39 is 69.8 Å². The van der Waals surface area contributed by atoms with Crippen LogP contribution in [-0.2, 0) is 34.8 Å². The summed E-state index contributed by atoms with van der Waals surface area (Å²) in [6.45, 7) is 1.33. The van der Waals surface area contributed by atoms with Crippen LogP contribution in [0.2, 0.25) is 0 Å². The first kappa shape index (κ1) is 27.9. The monoisotopic (exact) mass is 507 g/mol. The summed E-state index contributed by atoms with van der Waals surface area (Å²) in [5.41, 5.74) is 9.70. The number of amides is 1. The molecule has 190 valence electrons. The summed E-state index contributed by atoms with van der Waals surface area (Å²) in [5, 5.41) is 21.0. The molecule has 1 aromatic carbocycles. The molecule has 2 rings (SSSR count). The minimum atomic E-state index is -3.96. The van der Waals surface area contributed by atoms with Gasteiger partial charge in [-0.25, -0.2) is 13.2 Å². The first-order valence-corrected chi connectivity index (χ1v) is 12.4. The Balaban J connectivity index is 2.39. The van der Waals surface area contributed by atoms with E-state index >= 15 is 0 Å². The van der Waals surface area contributed by atoms with Gasteiger partial charge in [0.25, 0.3) is 0 Å². The van der Waals surface area contributed by atoms with Crippen LogP contribution < -0.4 is 16.8 Å². The zero-order chi connectivity index (χ0) is 26.4. The second-order valence-corrected chi connectivity index (χ2v) is 10.5. The standard InChI is InChI=1S/C23H29N3O8S/c1-14(24)20(28)23(19(22(31)32)26-18(27)10-9-17(25)21(29)30)11-5-8-16(12-23)35(33,34)13-15-6-3-2-4-7-15/h2-8,11,14,17,19H,9-10,12-13,24-25H2,1H3,(H,26,27)(H,29,30)(H,31,32)/t14-,17-,19-,23?/m0/s1. The van der Waals surface area contributed by atoms with Gasteiger partial charge in [-0.1, -0.05) is 42.5 Å². The number of hydrogen-bond donors (Lipinski definition) is 5. The molecule has 1 aliphatic rings. The number of aliphatic carboxylic acids is 2. The molecule has 0 radical (unpaired) electrons. The highest BCUT2D eigenvalue weighted by Gasteiger charge is 2.51. The van der Waals surface area contributed by atoms with E-state index in [1.54, 1.807) is 30.3 Å². The number of benzene rings is 1. The molecule has 0 saturated heterocycles. The minimum Gasteiger partial charge on any atom is -0.480 e. The van der Waals surface area contributed by atoms with E-state index in [1.165, 1.54) is 25.2 Å². The molecule has 11 nitrogen and oxygen atoms in total. The van der Waals surface area contributed by atoms with E-state index in [4.69, 9.17) is 16.6 Å². The van der Waals surface area contributed by atoms with Crippen molar-refractivity contribution in [2.24, 2.45) is 16.9 Å². The number of carboxylic acid groups (broad SMARTS) is 2. The largest absolute Gasteiger partial charge is 0.480 e. The van der Waals surface area contributed by atoms with Crippen LogP contribution in [0.4, 0.5) is 0 Å². The predicted octanol–water partition coefficient (Wildman–Crippen LogP) is 0.109. The Morgan fingerprint density at radius 3 is 2.26 bits per heavy atom. The van der Waals surface area contributed by atoms with Gasteiger partial charge in [0.1, 0.15) is 12.1 Å². The third-order valence-corrected chi connectivity index (χ3v) is 7.47. The zero-order valence-electron chi connectivity index (χ0n) is 19.1. The third-order valence-electron chi connectivity index (χ3n) is 5.68. The van der Waals surface area contributed by atoms with Crippen LogP contribution in [0.1, 0.15) is 31.7 Å². The predicted molar refractivity (Wildman–Crippen MR) is 126 cm³/mol. The van der Waals surface area contributed by atoms with Crippen molar-refractivity contribution in [3.63, 3.8) is 0 Å². The van der Waals surface area contributed by atoms with Crippen molar-refractivity contribution < 1.29 is 37.8 Å². The molecule has 1 aliphatic carbocycles. The van der Waals surface area contributed by atoms with Gasteiger partial charge in [-0.15, -0.1) is 0 Å². The van der Waals surface area contributed by atoms with Crippen LogP contribution in [0.3, 0.4) is 0 Å². The number of nitrogens with one attached hydrogen (secondary N) is 1. The van der Waals surface area contributed by atoms with E-state index in [1.807, 2.05) is 0 Å². The van der Waals surface area contributed by atoms with Crippen LogP contribution >= 0.6 is 0 Å². The highest BCUT2D eigenvalue weighted by atomic mass is 32.2. The summed E-state index contributed by atoms with van der Waals surface area (Å²) in [5.74, 6) is -4.91. The van der Waals surface area contributed by atoms with E-state index in [9.17, 15) is 32.7 Å². The van der Waals surface area contributed by atoms with Crippen molar-refractivity contribution in [3.05, 3.63) is 59.0 Å². The van der Waals surface area contributed by atoms with Crippen molar-refractivity contribution in [3.8, 4) is 0 Å². The lowest BCUT2D eigenvalue weighted by Gasteiger charge is -2.38. The molecule has 0 fully saturated rings. The number of nitrogens with two attached hydrogens (primary N) is 2. The minimum absolute atomic E-state index is 0.175. The number of hydrogen-bond acceptors (Lipinski definition) is 8. The Labute approximate surface area is 202 Å². The number of sulfone groups is 1. The van der Waals surface area contributed by atoms with E-state index in [2.05, 4.69) is 5.32 Å². The van der Waals surface area contributed by atoms with Crippen LogP contribution in [0.25, 0.3) is 0 Å². The molecule has 7 N–H and O–H groups in total. The molecule has 1 amide bonds. The summed E-state index contributed by atoms with van der Waals surface area (Å²) in [6, 6.07) is 3.96. The molecule has 0 aromatic heterocycles. The fourth-order valence-corrected chi connectivity index (χ4v) is 5.38. The maximum absolute atomic E-state index is 13.2. The Hall–Kier alpha value is -3.35. The molecular formula is C23H29N3O8S. The summed E-state index contributed by atoms with van der Waals surface area (Å²) >= 11 is 0. The number of rotatable bonds is 12. The lowest BCUT2D eigenvalue weighted by Crippen LogP contribution is -2.59. The number of ketones is 1. The first-order chi connectivity index (χ1) is 16.3. The van der Waals surface area contributed by atoms with Crippen LogP contribution in [0, 0.1) is 5.41 Å². The van der Waals surface area contributed by atoms with Crippen molar-refractivity contribution in [2.45, 2.75) is 50.1 Å². The third kappa shape index (κ3) is 6.84. The van der Waals surface area contributed by atoms with Crippen LogP contribution in [0.5, 0.6) is 0 Å². The highest BCUT2D eigenvalue weighted by Crippen LogP contribution is 2.40. The van der Waals surface area contributed by atoms with E-state index in [0.717, 1.165) is 0 Å². The number of Topliss-reactive ketones (excluding diaryl/α,β-unsaturated/α-hetero) is 1. The molecule has 1 aromatic rings. The average molecular weight is 508 g/mol. The lowest BCUT2D eigenvalue weighted by atomic mass is 9.69. The fraction of sp³-hybridized carbons (Fsp3) is 0.391. The molecular weight excluding hydrogens is 478 g/mol. The van der Waals surface area contributed by atoms with Gasteiger partial charge < -0.3 is 27.0 Å². The molecule has 0 spiro atoms. The van der Waals surface area contributed by atoms with Gasteiger partial charge in [-0.2, -0.15) is 0 Å². The molecule has 35 heavy (non-hydrogen) atoms. The molecule has 0 bridgehead atoms. The molecule has 0 aliphatic heterocycles. The topological polar surface area (TPSA) is 207 Å². The molecule has 4 atom stereocenters.